The van der Waals surface area contributed by atoms with E-state index in [1.54, 1.807) is 37.3 Å². The van der Waals surface area contributed by atoms with Crippen molar-refractivity contribution < 1.29 is 19.1 Å². The zero-order valence-corrected chi connectivity index (χ0v) is 19.4. The largest absolute Gasteiger partial charge is 0.497 e. The van der Waals surface area contributed by atoms with Crippen LogP contribution in [0.15, 0.2) is 36.4 Å². The monoisotopic (exact) mass is 451 g/mol. The lowest BCUT2D eigenvalue weighted by Crippen LogP contribution is -2.31. The van der Waals surface area contributed by atoms with Crippen LogP contribution in [0.5, 0.6) is 11.5 Å². The molecular weight excluding hydrogens is 422 g/mol. The fraction of sp³-hybridized carbons (Fsp3) is 0.375. The number of fused-ring (bicyclic) bond motifs is 1. The van der Waals surface area contributed by atoms with Crippen molar-refractivity contribution in [2.24, 2.45) is 7.05 Å². The van der Waals surface area contributed by atoms with Gasteiger partial charge < -0.3 is 29.2 Å². The highest BCUT2D eigenvalue weighted by Gasteiger charge is 2.21. The third kappa shape index (κ3) is 4.57. The summed E-state index contributed by atoms with van der Waals surface area (Å²) >= 11 is 0. The van der Waals surface area contributed by atoms with E-state index in [0.717, 1.165) is 42.8 Å². The highest BCUT2D eigenvalue weighted by atomic mass is 16.5. The second-order valence-corrected chi connectivity index (χ2v) is 8.14. The Balaban J connectivity index is 1.49. The van der Waals surface area contributed by atoms with Gasteiger partial charge in [0, 0.05) is 38.8 Å². The van der Waals surface area contributed by atoms with Gasteiger partial charge in [0.25, 0.3) is 5.91 Å². The molecule has 1 aliphatic rings. The van der Waals surface area contributed by atoms with E-state index in [-0.39, 0.29) is 11.9 Å². The molecule has 33 heavy (non-hydrogen) atoms. The van der Waals surface area contributed by atoms with E-state index in [4.69, 9.17) is 14.5 Å². The number of nitrogens with one attached hydrogen (secondary N) is 1. The minimum Gasteiger partial charge on any atom is -0.497 e. The quantitative estimate of drug-likeness (QED) is 0.620. The van der Waals surface area contributed by atoms with Gasteiger partial charge in [-0.3, -0.25) is 4.79 Å². The summed E-state index contributed by atoms with van der Waals surface area (Å²) in [5.74, 6) is 1.91. The molecule has 0 atom stereocenters. The summed E-state index contributed by atoms with van der Waals surface area (Å²) in [6.45, 7) is 1.91. The summed E-state index contributed by atoms with van der Waals surface area (Å²) in [6.07, 6.45) is 2.11. The molecule has 2 heterocycles. The van der Waals surface area contributed by atoms with Crippen molar-refractivity contribution in [1.82, 2.24) is 19.4 Å². The Morgan fingerprint density at radius 2 is 1.85 bits per heavy atom. The van der Waals surface area contributed by atoms with Gasteiger partial charge in [0.15, 0.2) is 0 Å². The highest BCUT2D eigenvalue weighted by molar-refractivity contribution is 5.97. The van der Waals surface area contributed by atoms with Crippen LogP contribution in [-0.4, -0.2) is 65.6 Å². The third-order valence-electron chi connectivity index (χ3n) is 5.99. The second-order valence-electron chi connectivity index (χ2n) is 8.14. The number of rotatable bonds is 6. The lowest BCUT2D eigenvalue weighted by atomic mass is 10.2. The van der Waals surface area contributed by atoms with Gasteiger partial charge in [0.1, 0.15) is 17.3 Å². The highest BCUT2D eigenvalue weighted by Crippen LogP contribution is 2.29. The third-order valence-corrected chi connectivity index (χ3v) is 5.99. The minimum atomic E-state index is -0.296. The Bertz CT molecular complexity index is 1180. The summed E-state index contributed by atoms with van der Waals surface area (Å²) in [7, 11) is 6.72. The molecule has 0 bridgehead atoms. The Morgan fingerprint density at radius 1 is 1.09 bits per heavy atom. The number of urea groups is 1. The Labute approximate surface area is 192 Å². The van der Waals surface area contributed by atoms with Crippen LogP contribution in [0.25, 0.3) is 11.0 Å². The van der Waals surface area contributed by atoms with Crippen molar-refractivity contribution in [3.63, 3.8) is 0 Å². The SMILES string of the molecule is COc1ccc(NC(=O)N(C)Cc2nc3cc(C(=O)N4CCCC4)ccc3n2C)c(OC)c1. The summed E-state index contributed by atoms with van der Waals surface area (Å²) in [6, 6.07) is 10.5. The van der Waals surface area contributed by atoms with Gasteiger partial charge in [0.05, 0.1) is 37.5 Å². The van der Waals surface area contributed by atoms with E-state index >= 15 is 0 Å². The number of nitrogens with zero attached hydrogens (tertiary/aromatic N) is 4. The molecule has 0 saturated carbocycles. The molecule has 3 aromatic rings. The van der Waals surface area contributed by atoms with Gasteiger partial charge in [-0.25, -0.2) is 9.78 Å². The number of carbonyl (C=O) groups excluding carboxylic acids is 2. The topological polar surface area (TPSA) is 88.9 Å². The maximum Gasteiger partial charge on any atom is 0.322 e. The van der Waals surface area contributed by atoms with Crippen molar-refractivity contribution in [2.45, 2.75) is 19.4 Å². The first kappa shape index (κ1) is 22.4. The minimum absolute atomic E-state index is 0.0477. The van der Waals surface area contributed by atoms with E-state index in [2.05, 4.69) is 5.32 Å². The molecule has 0 aliphatic carbocycles. The van der Waals surface area contributed by atoms with Crippen LogP contribution in [0.3, 0.4) is 0 Å². The number of anilines is 1. The van der Waals surface area contributed by atoms with Gasteiger partial charge >= 0.3 is 6.03 Å². The van der Waals surface area contributed by atoms with Gasteiger partial charge in [-0.1, -0.05) is 0 Å². The van der Waals surface area contributed by atoms with Crippen LogP contribution in [0.1, 0.15) is 29.0 Å². The van der Waals surface area contributed by atoms with Crippen LogP contribution in [0.2, 0.25) is 0 Å². The average Bonchev–Trinajstić information content (AvgIpc) is 3.47. The first-order valence-corrected chi connectivity index (χ1v) is 10.9. The number of imidazole rings is 1. The Hall–Kier alpha value is -3.75. The maximum atomic E-state index is 12.8. The van der Waals surface area contributed by atoms with Gasteiger partial charge in [-0.05, 0) is 43.2 Å². The molecule has 3 amide bonds. The van der Waals surface area contributed by atoms with Crippen LogP contribution in [0, 0.1) is 0 Å². The van der Waals surface area contributed by atoms with Crippen molar-refractivity contribution in [3.05, 3.63) is 47.8 Å². The molecule has 1 saturated heterocycles. The smallest absolute Gasteiger partial charge is 0.322 e. The number of aryl methyl sites for hydroxylation is 1. The number of amides is 3. The number of aromatic nitrogens is 2. The molecule has 9 nitrogen and oxygen atoms in total. The van der Waals surface area contributed by atoms with E-state index in [9.17, 15) is 9.59 Å². The number of ether oxygens (including phenoxy) is 2. The maximum absolute atomic E-state index is 12.8. The molecule has 0 unspecified atom stereocenters. The summed E-state index contributed by atoms with van der Waals surface area (Å²) in [5, 5.41) is 2.86. The number of hydrogen-bond donors (Lipinski definition) is 1. The molecule has 174 valence electrons. The number of benzene rings is 2. The molecule has 1 aromatic heterocycles. The zero-order chi connectivity index (χ0) is 23.5. The van der Waals surface area contributed by atoms with E-state index in [1.807, 2.05) is 34.7 Å². The van der Waals surface area contributed by atoms with Gasteiger partial charge in [-0.2, -0.15) is 0 Å². The van der Waals surface area contributed by atoms with Crippen LogP contribution >= 0.6 is 0 Å². The first-order chi connectivity index (χ1) is 15.9. The predicted molar refractivity (Wildman–Crippen MR) is 126 cm³/mol. The fourth-order valence-corrected chi connectivity index (χ4v) is 4.02. The normalized spacial score (nSPS) is 13.3. The van der Waals surface area contributed by atoms with Crippen LogP contribution in [0.4, 0.5) is 10.5 Å². The first-order valence-electron chi connectivity index (χ1n) is 10.9. The molecule has 2 aromatic carbocycles. The van der Waals surface area contributed by atoms with Crippen molar-refractivity contribution in [3.8, 4) is 11.5 Å². The van der Waals surface area contributed by atoms with Crippen molar-refractivity contribution in [1.29, 1.82) is 0 Å². The molecule has 1 N–H and O–H groups in total. The number of methoxy groups -OCH3 is 2. The fourth-order valence-electron chi connectivity index (χ4n) is 4.02. The average molecular weight is 452 g/mol. The van der Waals surface area contributed by atoms with Crippen LogP contribution in [-0.2, 0) is 13.6 Å². The van der Waals surface area contributed by atoms with E-state index in [1.165, 1.54) is 7.11 Å². The molecular formula is C24H29N5O4. The summed E-state index contributed by atoms with van der Waals surface area (Å²) in [4.78, 5) is 33.7. The lowest BCUT2D eigenvalue weighted by Gasteiger charge is -2.19. The van der Waals surface area contributed by atoms with Gasteiger partial charge in [-0.15, -0.1) is 0 Å². The number of hydrogen-bond acceptors (Lipinski definition) is 5. The number of carbonyl (C=O) groups is 2. The second kappa shape index (κ2) is 9.40. The molecule has 4 rings (SSSR count). The Kier molecular flexibility index (Phi) is 6.39. The van der Waals surface area contributed by atoms with E-state index in [0.29, 0.717) is 29.3 Å². The van der Waals surface area contributed by atoms with Gasteiger partial charge in [0.2, 0.25) is 0 Å². The predicted octanol–water partition coefficient (Wildman–Crippen LogP) is 3.49. The van der Waals surface area contributed by atoms with Crippen molar-refractivity contribution >= 4 is 28.7 Å². The summed E-state index contributed by atoms with van der Waals surface area (Å²) < 4.78 is 12.5. The molecule has 0 radical (unpaired) electrons. The van der Waals surface area contributed by atoms with E-state index < -0.39 is 0 Å². The molecule has 0 spiro atoms. The molecule has 1 fully saturated rings. The standard InChI is InChI=1S/C24H29N5O4/c1-27(24(31)26-18-9-8-17(32-3)14-21(18)33-4)15-22-25-19-13-16(7-10-20(19)28(22)2)23(30)29-11-5-6-12-29/h7-10,13-14H,5-6,11-12,15H2,1-4H3,(H,26,31). The number of likely N-dealkylation sites (tertiary alicyclic amines) is 1. The lowest BCUT2D eigenvalue weighted by molar-refractivity contribution is 0.0793. The van der Waals surface area contributed by atoms with Crippen LogP contribution < -0.4 is 14.8 Å². The van der Waals surface area contributed by atoms with Crippen molar-refractivity contribution in [2.75, 3.05) is 39.7 Å². The molecule has 1 aliphatic heterocycles. The Morgan fingerprint density at radius 3 is 2.55 bits per heavy atom. The zero-order valence-electron chi connectivity index (χ0n) is 19.4. The molecule has 9 heteroatoms. The summed E-state index contributed by atoms with van der Waals surface area (Å²) in [5.41, 5.74) is 2.84.